The fourth-order valence-electron chi connectivity index (χ4n) is 5.52. The highest BCUT2D eigenvalue weighted by Crippen LogP contribution is 2.63. The number of hydrogen-bond acceptors (Lipinski definition) is 6. The van der Waals surface area contributed by atoms with Gasteiger partial charge in [-0.15, -0.1) is 5.10 Å². The molecule has 150 valence electrons. The van der Waals surface area contributed by atoms with Crippen molar-refractivity contribution >= 4 is 6.01 Å². The van der Waals surface area contributed by atoms with Crippen LogP contribution in [-0.2, 0) is 5.54 Å². The van der Waals surface area contributed by atoms with Gasteiger partial charge in [-0.05, 0) is 54.4 Å². The summed E-state index contributed by atoms with van der Waals surface area (Å²) in [5, 5.41) is 17.4. The van der Waals surface area contributed by atoms with Crippen LogP contribution in [0, 0.1) is 18.2 Å². The molecule has 3 aromatic rings. The van der Waals surface area contributed by atoms with Crippen molar-refractivity contribution in [3.63, 3.8) is 0 Å². The number of nitrogens with zero attached hydrogens (tertiary/aromatic N) is 5. The first-order chi connectivity index (χ1) is 13.8. The van der Waals surface area contributed by atoms with Gasteiger partial charge in [-0.3, -0.25) is 0 Å². The van der Waals surface area contributed by atoms with Gasteiger partial charge < -0.3 is 9.32 Å². The summed E-state index contributed by atoms with van der Waals surface area (Å²) in [4.78, 5) is 2.08. The minimum absolute atomic E-state index is 0.0613. The second-order valence-corrected chi connectivity index (χ2v) is 8.86. The fraction of sp³-hybridized carbons (Fsp3) is 0.455. The van der Waals surface area contributed by atoms with E-state index in [9.17, 15) is 4.39 Å². The average Bonchev–Trinajstić information content (AvgIpc) is 3.13. The SMILES string of the molecule is Cc1nnc(N(C)[C@]23CC[C@H](CC2(C)C)c2cc(-c4ccccc4F)nnc23)o1. The Hall–Kier alpha value is -2.83. The Labute approximate surface area is 169 Å². The predicted molar refractivity (Wildman–Crippen MR) is 107 cm³/mol. The molecular formula is C22H24FN5O. The third-order valence-electron chi connectivity index (χ3n) is 6.91. The van der Waals surface area contributed by atoms with Crippen LogP contribution in [-0.4, -0.2) is 27.4 Å². The van der Waals surface area contributed by atoms with E-state index in [0.717, 1.165) is 30.5 Å². The molecule has 2 aromatic heterocycles. The topological polar surface area (TPSA) is 67.9 Å². The van der Waals surface area contributed by atoms with E-state index in [4.69, 9.17) is 9.52 Å². The summed E-state index contributed by atoms with van der Waals surface area (Å²) in [5.74, 6) is 0.642. The van der Waals surface area contributed by atoms with Gasteiger partial charge in [0, 0.05) is 19.5 Å². The van der Waals surface area contributed by atoms with E-state index in [2.05, 4.69) is 34.0 Å². The maximum absolute atomic E-state index is 14.3. The van der Waals surface area contributed by atoms with Gasteiger partial charge in [0.1, 0.15) is 5.82 Å². The molecule has 1 saturated carbocycles. The van der Waals surface area contributed by atoms with Gasteiger partial charge in [0.2, 0.25) is 5.89 Å². The van der Waals surface area contributed by atoms with Crippen molar-refractivity contribution in [3.05, 3.63) is 53.3 Å². The first-order valence-corrected chi connectivity index (χ1v) is 10.0. The van der Waals surface area contributed by atoms with Gasteiger partial charge in [-0.2, -0.15) is 10.2 Å². The molecule has 1 aromatic carbocycles. The molecule has 3 aliphatic carbocycles. The lowest BCUT2D eigenvalue weighted by Crippen LogP contribution is -2.61. The second kappa shape index (κ2) is 6.08. The number of rotatable bonds is 3. The first-order valence-electron chi connectivity index (χ1n) is 10.0. The molecule has 0 amide bonds. The number of anilines is 1. The van der Waals surface area contributed by atoms with Crippen LogP contribution < -0.4 is 4.90 Å². The molecule has 3 aliphatic rings. The highest BCUT2D eigenvalue weighted by molar-refractivity contribution is 5.62. The molecule has 0 N–H and O–H groups in total. The Kier molecular flexibility index (Phi) is 3.82. The van der Waals surface area contributed by atoms with Gasteiger partial charge in [0.25, 0.3) is 0 Å². The number of aromatic nitrogens is 4. The van der Waals surface area contributed by atoms with Crippen LogP contribution >= 0.6 is 0 Å². The zero-order valence-corrected chi connectivity index (χ0v) is 17.1. The van der Waals surface area contributed by atoms with Crippen molar-refractivity contribution in [1.82, 2.24) is 20.4 Å². The number of halogens is 1. The van der Waals surface area contributed by atoms with Crippen molar-refractivity contribution in [2.75, 3.05) is 11.9 Å². The third kappa shape index (κ3) is 2.46. The summed E-state index contributed by atoms with van der Waals surface area (Å²) < 4.78 is 20.1. The van der Waals surface area contributed by atoms with Gasteiger partial charge in [0.15, 0.2) is 0 Å². The molecule has 7 heteroatoms. The van der Waals surface area contributed by atoms with E-state index in [1.165, 1.54) is 6.07 Å². The van der Waals surface area contributed by atoms with Crippen LogP contribution in [0.25, 0.3) is 11.3 Å². The fourth-order valence-corrected chi connectivity index (χ4v) is 5.52. The summed E-state index contributed by atoms with van der Waals surface area (Å²) in [6.07, 6.45) is 2.99. The van der Waals surface area contributed by atoms with Crippen LogP contribution in [0.4, 0.5) is 10.4 Å². The van der Waals surface area contributed by atoms with E-state index in [0.29, 0.717) is 29.1 Å². The van der Waals surface area contributed by atoms with Crippen molar-refractivity contribution in [3.8, 4) is 11.3 Å². The molecule has 0 spiro atoms. The van der Waals surface area contributed by atoms with Gasteiger partial charge >= 0.3 is 6.01 Å². The molecular weight excluding hydrogens is 369 g/mol. The Morgan fingerprint density at radius 2 is 1.93 bits per heavy atom. The van der Waals surface area contributed by atoms with E-state index in [1.807, 2.05) is 19.2 Å². The maximum atomic E-state index is 14.3. The quantitative estimate of drug-likeness (QED) is 0.647. The molecule has 6 nitrogen and oxygen atoms in total. The molecule has 2 heterocycles. The Balaban J connectivity index is 1.69. The largest absolute Gasteiger partial charge is 0.408 e. The summed E-state index contributed by atoms with van der Waals surface area (Å²) in [5.41, 5.74) is 2.71. The van der Waals surface area contributed by atoms with Gasteiger partial charge in [-0.25, -0.2) is 4.39 Å². The smallest absolute Gasteiger partial charge is 0.318 e. The van der Waals surface area contributed by atoms with Crippen LogP contribution in [0.1, 0.15) is 56.2 Å². The van der Waals surface area contributed by atoms with E-state index in [1.54, 1.807) is 19.1 Å². The highest BCUT2D eigenvalue weighted by Gasteiger charge is 2.60. The normalized spacial score (nSPS) is 24.4. The number of benzene rings is 1. The molecule has 0 aliphatic heterocycles. The van der Waals surface area contributed by atoms with E-state index in [-0.39, 0.29) is 11.2 Å². The standard InChI is InChI=1S/C22H24FN5O/c1-13-24-27-20(29-13)28(4)22-10-9-14(12-21(22,2)3)16-11-18(25-26-19(16)22)15-7-5-6-8-17(15)23/h5-8,11,14H,9-10,12H2,1-4H3/t14-,22+/m1/s1. The van der Waals surface area contributed by atoms with Gasteiger partial charge in [-0.1, -0.05) is 31.1 Å². The molecule has 0 unspecified atom stereocenters. The van der Waals surface area contributed by atoms with Crippen LogP contribution in [0.2, 0.25) is 0 Å². The van der Waals surface area contributed by atoms with Crippen molar-refractivity contribution in [2.24, 2.45) is 5.41 Å². The minimum atomic E-state index is -0.406. The Morgan fingerprint density at radius 3 is 2.62 bits per heavy atom. The monoisotopic (exact) mass is 393 g/mol. The predicted octanol–water partition coefficient (Wildman–Crippen LogP) is 4.61. The lowest BCUT2D eigenvalue weighted by Gasteiger charge is -2.60. The minimum Gasteiger partial charge on any atom is -0.408 e. The molecule has 0 radical (unpaired) electrons. The number of aryl methyl sites for hydroxylation is 1. The summed E-state index contributed by atoms with van der Waals surface area (Å²) in [7, 11) is 2.00. The van der Waals surface area contributed by atoms with Crippen LogP contribution in [0.3, 0.4) is 0 Å². The van der Waals surface area contributed by atoms with E-state index >= 15 is 0 Å². The molecule has 29 heavy (non-hydrogen) atoms. The van der Waals surface area contributed by atoms with Crippen molar-refractivity contribution in [1.29, 1.82) is 0 Å². The molecule has 6 rings (SSSR count). The Bertz CT molecular complexity index is 1090. The molecule has 2 bridgehead atoms. The van der Waals surface area contributed by atoms with E-state index < -0.39 is 5.54 Å². The van der Waals surface area contributed by atoms with Crippen LogP contribution in [0.5, 0.6) is 0 Å². The highest BCUT2D eigenvalue weighted by atomic mass is 19.1. The molecule has 1 fully saturated rings. The number of hydrogen-bond donors (Lipinski definition) is 0. The second-order valence-electron chi connectivity index (χ2n) is 8.86. The van der Waals surface area contributed by atoms with Gasteiger partial charge in [0.05, 0.1) is 16.9 Å². The lowest BCUT2D eigenvalue weighted by molar-refractivity contribution is 0.0490. The van der Waals surface area contributed by atoms with Crippen molar-refractivity contribution in [2.45, 2.75) is 51.5 Å². The zero-order chi connectivity index (χ0) is 20.4. The lowest BCUT2D eigenvalue weighted by atomic mass is 9.52. The average molecular weight is 393 g/mol. The molecule has 2 atom stereocenters. The third-order valence-corrected chi connectivity index (χ3v) is 6.91. The van der Waals surface area contributed by atoms with Crippen molar-refractivity contribution < 1.29 is 8.81 Å². The summed E-state index contributed by atoms with van der Waals surface area (Å²) >= 11 is 0. The Morgan fingerprint density at radius 1 is 1.14 bits per heavy atom. The summed E-state index contributed by atoms with van der Waals surface area (Å²) in [6.45, 7) is 6.34. The number of fused-ring (bicyclic) bond motifs is 2. The first kappa shape index (κ1) is 18.2. The summed E-state index contributed by atoms with van der Waals surface area (Å²) in [6, 6.07) is 9.23. The maximum Gasteiger partial charge on any atom is 0.318 e. The zero-order valence-electron chi connectivity index (χ0n) is 17.1. The van der Waals surface area contributed by atoms with Crippen LogP contribution in [0.15, 0.2) is 34.7 Å². The molecule has 0 saturated heterocycles.